The molecule has 0 saturated carbocycles. The Hall–Kier alpha value is -4.71. The van der Waals surface area contributed by atoms with Crippen LogP contribution in [0, 0.1) is 6.92 Å². The molecule has 1 aromatic carbocycles. The van der Waals surface area contributed by atoms with Crippen LogP contribution in [0.2, 0.25) is 0 Å². The molecule has 0 aliphatic carbocycles. The Bertz CT molecular complexity index is 1760. The van der Waals surface area contributed by atoms with E-state index in [2.05, 4.69) is 48.7 Å². The molecule has 1 saturated heterocycles. The summed E-state index contributed by atoms with van der Waals surface area (Å²) in [5.74, 6) is 2.18. The van der Waals surface area contributed by atoms with E-state index >= 15 is 0 Å². The summed E-state index contributed by atoms with van der Waals surface area (Å²) in [5, 5.41) is 15.1. The van der Waals surface area contributed by atoms with Gasteiger partial charge in [-0.25, -0.2) is 23.8 Å². The highest BCUT2D eigenvalue weighted by Gasteiger charge is 2.33. The van der Waals surface area contributed by atoms with Crippen LogP contribution in [0.3, 0.4) is 0 Å². The van der Waals surface area contributed by atoms with Gasteiger partial charge in [-0.2, -0.15) is 10.2 Å². The molecule has 5 heterocycles. The second-order valence-corrected chi connectivity index (χ2v) is 12.3. The van der Waals surface area contributed by atoms with Crippen molar-refractivity contribution in [3.05, 3.63) is 72.6 Å². The van der Waals surface area contributed by atoms with Gasteiger partial charge >= 0.3 is 6.09 Å². The molecule has 2 N–H and O–H groups in total. The van der Waals surface area contributed by atoms with Gasteiger partial charge in [0.15, 0.2) is 11.5 Å². The van der Waals surface area contributed by atoms with Crippen molar-refractivity contribution in [1.29, 1.82) is 0 Å². The van der Waals surface area contributed by atoms with Gasteiger partial charge in [-0.15, -0.1) is 0 Å². The maximum atomic E-state index is 12.4. The number of anilines is 2. The number of piperidine rings is 1. The highest BCUT2D eigenvalue weighted by atomic mass is 16.6. The molecule has 0 spiro atoms. The number of nitrogens with zero attached hydrogens (tertiary/aromatic N) is 7. The van der Waals surface area contributed by atoms with Crippen LogP contribution in [0.5, 0.6) is 11.5 Å². The van der Waals surface area contributed by atoms with Crippen molar-refractivity contribution >= 4 is 28.8 Å². The quantitative estimate of drug-likeness (QED) is 0.256. The molecule has 1 amide bonds. The summed E-state index contributed by atoms with van der Waals surface area (Å²) in [6, 6.07) is 11.8. The maximum absolute atomic E-state index is 12.4. The molecule has 5 aromatic rings. The van der Waals surface area contributed by atoms with E-state index in [0.717, 1.165) is 72.0 Å². The van der Waals surface area contributed by atoms with E-state index in [1.165, 1.54) is 6.33 Å². The van der Waals surface area contributed by atoms with Gasteiger partial charge in [-0.3, -0.25) is 4.90 Å². The largest absolute Gasteiger partial charge is 0.457 e. The average molecular weight is 584 g/mol. The van der Waals surface area contributed by atoms with E-state index in [-0.39, 0.29) is 11.6 Å². The van der Waals surface area contributed by atoms with E-state index in [4.69, 9.17) is 9.47 Å². The molecule has 12 nitrogen and oxygen atoms in total. The first-order chi connectivity index (χ1) is 20.5. The summed E-state index contributed by atoms with van der Waals surface area (Å²) >= 11 is 0. The van der Waals surface area contributed by atoms with Crippen LogP contribution in [0.25, 0.3) is 11.2 Å². The number of rotatable bonds is 7. The number of aromatic nitrogens is 6. The summed E-state index contributed by atoms with van der Waals surface area (Å²) in [6.07, 6.45) is 8.16. The normalized spacial score (nSPS) is 15.5. The number of hydrogen-bond donors (Lipinski definition) is 2. The fraction of sp³-hybridized carbons (Fsp3) is 0.387. The zero-order chi connectivity index (χ0) is 30.2. The molecular formula is C31H37N9O3. The van der Waals surface area contributed by atoms with Crippen LogP contribution in [0.15, 0.2) is 61.4 Å². The van der Waals surface area contributed by atoms with Gasteiger partial charge in [0.25, 0.3) is 0 Å². The van der Waals surface area contributed by atoms with E-state index < -0.39 is 5.60 Å². The minimum Gasteiger partial charge on any atom is -0.457 e. The Morgan fingerprint density at radius 3 is 2.51 bits per heavy atom. The SMILES string of the molecule is Cc1cc(Nc2ncnn3ccc(CN4CCC(C)(NC(=O)OC(C)(C)C)CC4)c23)ccc1Oc1ccn2ncnc2c1. The first kappa shape index (κ1) is 28.4. The first-order valence-electron chi connectivity index (χ1n) is 14.4. The molecule has 43 heavy (non-hydrogen) atoms. The molecule has 4 aromatic heterocycles. The first-order valence-corrected chi connectivity index (χ1v) is 14.4. The smallest absolute Gasteiger partial charge is 0.408 e. The van der Waals surface area contributed by atoms with Crippen LogP contribution in [-0.2, 0) is 11.3 Å². The molecule has 0 radical (unpaired) electrons. The number of alkyl carbamates (subject to hydrolysis) is 1. The van der Waals surface area contributed by atoms with Crippen LogP contribution >= 0.6 is 0 Å². The molecule has 1 fully saturated rings. The van der Waals surface area contributed by atoms with Gasteiger partial charge in [0.1, 0.15) is 35.3 Å². The average Bonchev–Trinajstić information content (AvgIpc) is 3.58. The predicted molar refractivity (Wildman–Crippen MR) is 163 cm³/mol. The molecule has 1 aliphatic heterocycles. The third-order valence-corrected chi connectivity index (χ3v) is 7.61. The van der Waals surface area contributed by atoms with Gasteiger partial charge < -0.3 is 20.1 Å². The van der Waals surface area contributed by atoms with Crippen LogP contribution in [0.4, 0.5) is 16.3 Å². The van der Waals surface area contributed by atoms with E-state index in [9.17, 15) is 4.79 Å². The topological polar surface area (TPSA) is 123 Å². The lowest BCUT2D eigenvalue weighted by molar-refractivity contribution is 0.0402. The highest BCUT2D eigenvalue weighted by molar-refractivity contribution is 5.77. The molecule has 12 heteroatoms. The van der Waals surface area contributed by atoms with Crippen molar-refractivity contribution in [2.24, 2.45) is 0 Å². The summed E-state index contributed by atoms with van der Waals surface area (Å²) in [7, 11) is 0. The minimum absolute atomic E-state index is 0.297. The van der Waals surface area contributed by atoms with Crippen molar-refractivity contribution in [2.45, 2.75) is 65.1 Å². The number of likely N-dealkylation sites (tertiary alicyclic amines) is 1. The maximum Gasteiger partial charge on any atom is 0.408 e. The third-order valence-electron chi connectivity index (χ3n) is 7.61. The standard InChI is InChI=1S/C31H37N9O3/c1-21-16-23(6-7-25(21)42-24-9-13-39-26(17-24)32-19-34-39)36-28-27-22(8-12-40(27)35-20-33-28)18-38-14-10-31(5,11-15-38)37-29(41)43-30(2,3)4/h6-9,12-13,16-17,19-20H,10-11,14-15,18H2,1-5H3,(H,37,41)(H,33,35,36). The summed E-state index contributed by atoms with van der Waals surface area (Å²) < 4.78 is 15.2. The molecule has 0 unspecified atom stereocenters. The number of ether oxygens (including phenoxy) is 2. The monoisotopic (exact) mass is 583 g/mol. The fourth-order valence-corrected chi connectivity index (χ4v) is 5.32. The Balaban J connectivity index is 1.12. The molecule has 0 bridgehead atoms. The van der Waals surface area contributed by atoms with E-state index in [1.54, 1.807) is 10.8 Å². The number of pyridine rings is 1. The van der Waals surface area contributed by atoms with Gasteiger partial charge in [0.05, 0.1) is 0 Å². The number of carbonyl (C=O) groups is 1. The zero-order valence-electron chi connectivity index (χ0n) is 25.2. The summed E-state index contributed by atoms with van der Waals surface area (Å²) in [4.78, 5) is 23.6. The van der Waals surface area contributed by atoms with Crippen molar-refractivity contribution in [1.82, 2.24) is 39.4 Å². The molecule has 6 rings (SSSR count). The number of nitrogens with one attached hydrogen (secondary N) is 2. The second-order valence-electron chi connectivity index (χ2n) is 12.3. The molecule has 224 valence electrons. The van der Waals surface area contributed by atoms with Crippen molar-refractivity contribution < 1.29 is 14.3 Å². The molecule has 0 atom stereocenters. The number of hydrogen-bond acceptors (Lipinski definition) is 9. The minimum atomic E-state index is -0.519. The Morgan fingerprint density at radius 2 is 1.74 bits per heavy atom. The Morgan fingerprint density at radius 1 is 1.00 bits per heavy atom. The number of aryl methyl sites for hydroxylation is 1. The zero-order valence-corrected chi connectivity index (χ0v) is 25.2. The number of amides is 1. The van der Waals surface area contributed by atoms with Gasteiger partial charge in [0, 0.05) is 49.3 Å². The number of benzene rings is 1. The van der Waals surface area contributed by atoms with Gasteiger partial charge in [0.2, 0.25) is 0 Å². The van der Waals surface area contributed by atoms with Crippen molar-refractivity contribution in [3.8, 4) is 11.5 Å². The Labute approximate surface area is 250 Å². The van der Waals surface area contributed by atoms with Gasteiger partial charge in [-0.1, -0.05) is 0 Å². The van der Waals surface area contributed by atoms with Crippen LogP contribution < -0.4 is 15.4 Å². The van der Waals surface area contributed by atoms with Crippen molar-refractivity contribution in [2.75, 3.05) is 18.4 Å². The predicted octanol–water partition coefficient (Wildman–Crippen LogP) is 5.50. The van der Waals surface area contributed by atoms with Gasteiger partial charge in [-0.05, 0) is 88.9 Å². The van der Waals surface area contributed by atoms with Crippen LogP contribution in [-0.4, -0.2) is 64.4 Å². The molecule has 1 aliphatic rings. The second kappa shape index (κ2) is 11.2. The summed E-state index contributed by atoms with van der Waals surface area (Å²) in [6.45, 7) is 12.2. The van der Waals surface area contributed by atoms with E-state index in [1.807, 2.05) is 74.9 Å². The van der Waals surface area contributed by atoms with Crippen LogP contribution in [0.1, 0.15) is 51.7 Å². The Kier molecular flexibility index (Phi) is 7.38. The summed E-state index contributed by atoms with van der Waals surface area (Å²) in [5.41, 5.74) is 3.84. The lowest BCUT2D eigenvalue weighted by Gasteiger charge is -2.40. The third kappa shape index (κ3) is 6.54. The highest BCUT2D eigenvalue weighted by Crippen LogP contribution is 2.31. The van der Waals surface area contributed by atoms with Crippen molar-refractivity contribution in [3.63, 3.8) is 0 Å². The number of carbonyl (C=O) groups excluding carboxylic acids is 1. The van der Waals surface area contributed by atoms with E-state index in [0.29, 0.717) is 5.75 Å². The number of fused-ring (bicyclic) bond motifs is 2. The lowest BCUT2D eigenvalue weighted by atomic mass is 9.89. The lowest BCUT2D eigenvalue weighted by Crippen LogP contribution is -2.54. The molecular weight excluding hydrogens is 546 g/mol. The fourth-order valence-electron chi connectivity index (χ4n) is 5.32.